The van der Waals surface area contributed by atoms with Gasteiger partial charge in [0, 0.05) is 36.9 Å². The van der Waals surface area contributed by atoms with Crippen molar-refractivity contribution in [3.05, 3.63) is 83.6 Å². The van der Waals surface area contributed by atoms with Crippen molar-refractivity contribution >= 4 is 38.9 Å². The number of nitrogens with zero attached hydrogens (tertiary/aromatic N) is 3. The van der Waals surface area contributed by atoms with E-state index in [1.165, 1.54) is 40.7 Å². The number of carbonyl (C=O) groups is 1. The molecule has 0 N–H and O–H groups in total. The van der Waals surface area contributed by atoms with Crippen molar-refractivity contribution < 1.29 is 22.3 Å². The summed E-state index contributed by atoms with van der Waals surface area (Å²) in [5.74, 6) is -0.232. The second-order valence-electron chi connectivity index (χ2n) is 8.35. The van der Waals surface area contributed by atoms with Crippen molar-refractivity contribution in [2.24, 2.45) is 0 Å². The average molecular weight is 516 g/mol. The Hall–Kier alpha value is -3.30. The minimum Gasteiger partial charge on any atom is -0.476 e. The van der Waals surface area contributed by atoms with E-state index in [9.17, 15) is 17.6 Å². The van der Waals surface area contributed by atoms with Crippen LogP contribution in [0.3, 0.4) is 0 Å². The van der Waals surface area contributed by atoms with Gasteiger partial charge in [0.05, 0.1) is 17.1 Å². The van der Waals surface area contributed by atoms with Crippen LogP contribution in [0, 0.1) is 5.82 Å². The fraction of sp³-hybridized carbons (Fsp3) is 0.240. The Balaban J connectivity index is 1.35. The summed E-state index contributed by atoms with van der Waals surface area (Å²) < 4.78 is 47.4. The summed E-state index contributed by atoms with van der Waals surface area (Å²) in [6, 6.07) is 19.0. The van der Waals surface area contributed by atoms with E-state index in [1.807, 2.05) is 0 Å². The third kappa shape index (κ3) is 4.66. The zero-order valence-corrected chi connectivity index (χ0v) is 20.3. The number of piperazine rings is 1. The molecular weight excluding hydrogens is 493 g/mol. The van der Waals surface area contributed by atoms with Gasteiger partial charge < -0.3 is 14.5 Å². The van der Waals surface area contributed by atoms with Crippen molar-refractivity contribution in [3.8, 4) is 5.75 Å². The van der Waals surface area contributed by atoms with E-state index in [-0.39, 0.29) is 23.2 Å². The Labute approximate surface area is 208 Å². The number of halogens is 2. The molecule has 1 atom stereocenters. The smallest absolute Gasteiger partial charge is 0.265 e. The molecule has 0 radical (unpaired) electrons. The molecule has 1 fully saturated rings. The van der Waals surface area contributed by atoms with Gasteiger partial charge in [0.15, 0.2) is 6.10 Å². The molecule has 35 heavy (non-hydrogen) atoms. The average Bonchev–Trinajstić information content (AvgIpc) is 2.88. The summed E-state index contributed by atoms with van der Waals surface area (Å²) in [6.45, 7) is 1.91. The van der Waals surface area contributed by atoms with E-state index in [4.69, 9.17) is 16.3 Å². The number of benzene rings is 3. The van der Waals surface area contributed by atoms with Gasteiger partial charge in [0.25, 0.3) is 15.9 Å². The standard InChI is InChI=1S/C25H23ClFN3O4S/c26-18-5-11-21(12-6-18)35(32,33)30-17-24(34-23-4-2-1-3-22(23)30)25(31)29-15-13-28(14-16-29)20-9-7-19(27)8-10-20/h1-12,24H,13-17H2/t24-/m1/s1. The zero-order valence-electron chi connectivity index (χ0n) is 18.7. The number of para-hydroxylation sites is 2. The normalized spacial score (nSPS) is 18.1. The van der Waals surface area contributed by atoms with Crippen LogP contribution < -0.4 is 13.9 Å². The van der Waals surface area contributed by atoms with Gasteiger partial charge in [0.2, 0.25) is 0 Å². The van der Waals surface area contributed by atoms with Gasteiger partial charge in [-0.15, -0.1) is 0 Å². The van der Waals surface area contributed by atoms with Crippen molar-refractivity contribution in [1.82, 2.24) is 4.90 Å². The van der Waals surface area contributed by atoms with E-state index in [0.717, 1.165) is 5.69 Å². The highest BCUT2D eigenvalue weighted by molar-refractivity contribution is 7.92. The Morgan fingerprint density at radius 3 is 2.26 bits per heavy atom. The van der Waals surface area contributed by atoms with Crippen LogP contribution in [0.25, 0.3) is 0 Å². The maximum absolute atomic E-state index is 13.5. The molecule has 0 unspecified atom stereocenters. The molecule has 2 aliphatic rings. The second-order valence-corrected chi connectivity index (χ2v) is 10.7. The SMILES string of the molecule is O=C([C@H]1CN(S(=O)(=O)c2ccc(Cl)cc2)c2ccccc2O1)N1CCN(c2ccc(F)cc2)CC1. The number of sulfonamides is 1. The lowest BCUT2D eigenvalue weighted by molar-refractivity contribution is -0.138. The van der Waals surface area contributed by atoms with Gasteiger partial charge in [0.1, 0.15) is 11.6 Å². The Bertz CT molecular complexity index is 1330. The first-order valence-corrected chi connectivity index (χ1v) is 13.0. The van der Waals surface area contributed by atoms with E-state index >= 15 is 0 Å². The lowest BCUT2D eigenvalue weighted by Crippen LogP contribution is -2.56. The van der Waals surface area contributed by atoms with E-state index in [1.54, 1.807) is 41.3 Å². The molecule has 1 saturated heterocycles. The van der Waals surface area contributed by atoms with Gasteiger partial charge in [-0.1, -0.05) is 23.7 Å². The summed E-state index contributed by atoms with van der Waals surface area (Å²) in [5, 5.41) is 0.430. The molecule has 3 aromatic carbocycles. The molecule has 7 nitrogen and oxygen atoms in total. The summed E-state index contributed by atoms with van der Waals surface area (Å²) in [7, 11) is -3.95. The Kier molecular flexibility index (Phi) is 6.29. The van der Waals surface area contributed by atoms with Gasteiger partial charge in [-0.25, -0.2) is 12.8 Å². The lowest BCUT2D eigenvalue weighted by Gasteiger charge is -2.40. The molecule has 0 spiro atoms. The van der Waals surface area contributed by atoms with Gasteiger partial charge >= 0.3 is 0 Å². The van der Waals surface area contributed by atoms with Crippen LogP contribution in [0.15, 0.2) is 77.7 Å². The predicted molar refractivity (Wildman–Crippen MR) is 132 cm³/mol. The molecular formula is C25H23ClFN3O4S. The monoisotopic (exact) mass is 515 g/mol. The van der Waals surface area contributed by atoms with Crippen LogP contribution in [0.5, 0.6) is 5.75 Å². The largest absolute Gasteiger partial charge is 0.476 e. The van der Waals surface area contributed by atoms with E-state index < -0.39 is 16.1 Å². The van der Waals surface area contributed by atoms with E-state index in [2.05, 4.69) is 4.90 Å². The summed E-state index contributed by atoms with van der Waals surface area (Å²) in [4.78, 5) is 17.2. The van der Waals surface area contributed by atoms with Gasteiger partial charge in [-0.05, 0) is 60.7 Å². The molecule has 1 amide bonds. The molecule has 2 heterocycles. The minimum atomic E-state index is -3.95. The van der Waals surface area contributed by atoms with Crippen LogP contribution in [-0.4, -0.2) is 58.1 Å². The highest BCUT2D eigenvalue weighted by Gasteiger charge is 2.39. The predicted octanol–water partition coefficient (Wildman–Crippen LogP) is 3.78. The quantitative estimate of drug-likeness (QED) is 0.529. The third-order valence-corrected chi connectivity index (χ3v) is 8.24. The first-order chi connectivity index (χ1) is 16.8. The molecule has 10 heteroatoms. The number of amides is 1. The summed E-state index contributed by atoms with van der Waals surface area (Å²) in [6.07, 6.45) is -0.982. The molecule has 0 saturated carbocycles. The number of fused-ring (bicyclic) bond motifs is 1. The molecule has 5 rings (SSSR count). The van der Waals surface area contributed by atoms with Crippen LogP contribution in [0.1, 0.15) is 0 Å². The van der Waals surface area contributed by atoms with Crippen molar-refractivity contribution in [2.75, 3.05) is 41.9 Å². The Morgan fingerprint density at radius 2 is 1.57 bits per heavy atom. The van der Waals surface area contributed by atoms with Crippen LogP contribution in [0.2, 0.25) is 5.02 Å². The maximum atomic E-state index is 13.5. The van der Waals surface area contributed by atoms with Gasteiger partial charge in [-0.2, -0.15) is 0 Å². The van der Waals surface area contributed by atoms with E-state index in [0.29, 0.717) is 42.6 Å². The minimum absolute atomic E-state index is 0.0812. The first-order valence-electron chi connectivity index (χ1n) is 11.2. The summed E-state index contributed by atoms with van der Waals surface area (Å²) in [5.41, 5.74) is 1.27. The first kappa shape index (κ1) is 23.4. The molecule has 0 aliphatic carbocycles. The number of carbonyl (C=O) groups excluding carboxylic acids is 1. The van der Waals surface area contributed by atoms with Crippen LogP contribution in [-0.2, 0) is 14.8 Å². The van der Waals surface area contributed by atoms with Crippen molar-refractivity contribution in [2.45, 2.75) is 11.0 Å². The number of rotatable bonds is 4. The third-order valence-electron chi connectivity index (χ3n) is 6.20. The molecule has 3 aromatic rings. The van der Waals surface area contributed by atoms with Crippen molar-refractivity contribution in [3.63, 3.8) is 0 Å². The fourth-order valence-electron chi connectivity index (χ4n) is 4.33. The molecule has 182 valence electrons. The van der Waals surface area contributed by atoms with Crippen LogP contribution in [0.4, 0.5) is 15.8 Å². The Morgan fingerprint density at radius 1 is 0.914 bits per heavy atom. The fourth-order valence-corrected chi connectivity index (χ4v) is 5.93. The highest BCUT2D eigenvalue weighted by atomic mass is 35.5. The molecule has 0 aromatic heterocycles. The maximum Gasteiger partial charge on any atom is 0.265 e. The van der Waals surface area contributed by atoms with Crippen molar-refractivity contribution in [1.29, 1.82) is 0 Å². The molecule has 2 aliphatic heterocycles. The van der Waals surface area contributed by atoms with Crippen LogP contribution >= 0.6 is 11.6 Å². The van der Waals surface area contributed by atoms with Gasteiger partial charge in [-0.3, -0.25) is 9.10 Å². The number of ether oxygens (including phenoxy) is 1. The number of hydrogen-bond acceptors (Lipinski definition) is 5. The topological polar surface area (TPSA) is 70.2 Å². The number of anilines is 2. The molecule has 0 bridgehead atoms. The lowest BCUT2D eigenvalue weighted by atomic mass is 10.2. The second kappa shape index (κ2) is 9.39. The number of hydrogen-bond donors (Lipinski definition) is 0. The summed E-state index contributed by atoms with van der Waals surface area (Å²) >= 11 is 5.94. The highest BCUT2D eigenvalue weighted by Crippen LogP contribution is 2.37. The zero-order chi connectivity index (χ0) is 24.6.